The summed E-state index contributed by atoms with van der Waals surface area (Å²) in [6.45, 7) is 0.157. The lowest BCUT2D eigenvalue weighted by Gasteiger charge is -2.18. The fraction of sp³-hybridized carbons (Fsp3) is 0.571. The summed E-state index contributed by atoms with van der Waals surface area (Å²) in [7, 11) is 0. The Balaban J connectivity index is 2.63. The third-order valence-corrected chi connectivity index (χ3v) is 2.25. The molecule has 1 heterocycles. The highest BCUT2D eigenvalue weighted by Gasteiger charge is 2.16. The zero-order valence-electron chi connectivity index (χ0n) is 7.46. The van der Waals surface area contributed by atoms with Crippen LogP contribution in [-0.2, 0) is 0 Å². The summed E-state index contributed by atoms with van der Waals surface area (Å²) in [5.41, 5.74) is 0. The van der Waals surface area contributed by atoms with Gasteiger partial charge in [0.25, 0.3) is 5.91 Å². The van der Waals surface area contributed by atoms with Gasteiger partial charge in [-0.05, 0) is 11.5 Å². The molecule has 0 bridgehead atoms. The molecule has 1 amide bonds. The number of amides is 1. The number of rotatable bonds is 5. The van der Waals surface area contributed by atoms with Gasteiger partial charge in [-0.3, -0.25) is 4.79 Å². The molecule has 0 aliphatic carbocycles. The zero-order chi connectivity index (χ0) is 10.4. The Morgan fingerprint density at radius 3 is 2.50 bits per heavy atom. The van der Waals surface area contributed by atoms with Crippen molar-refractivity contribution in [3.05, 3.63) is 11.1 Å². The number of aliphatic hydroxyl groups excluding tert-OH is 2. The minimum absolute atomic E-state index is 0.127. The van der Waals surface area contributed by atoms with Crippen molar-refractivity contribution >= 4 is 17.4 Å². The van der Waals surface area contributed by atoms with Crippen molar-refractivity contribution in [3.63, 3.8) is 0 Å². The van der Waals surface area contributed by atoms with Crippen LogP contribution in [0.3, 0.4) is 0 Å². The lowest BCUT2D eigenvalue weighted by atomic mass is 10.4. The fourth-order valence-corrected chi connectivity index (χ4v) is 1.46. The van der Waals surface area contributed by atoms with Crippen LogP contribution in [0.15, 0.2) is 6.20 Å². The molecule has 0 fully saturated rings. The number of carbonyl (C=O) groups is 1. The van der Waals surface area contributed by atoms with Crippen LogP contribution in [0.1, 0.15) is 9.67 Å². The van der Waals surface area contributed by atoms with Gasteiger partial charge in [-0.15, -0.1) is 5.10 Å². The average molecular weight is 217 g/mol. The van der Waals surface area contributed by atoms with Crippen LogP contribution in [0, 0.1) is 0 Å². The SMILES string of the molecule is O=C(c1cnns1)N(CCO)CCO. The van der Waals surface area contributed by atoms with E-state index in [2.05, 4.69) is 9.59 Å². The van der Waals surface area contributed by atoms with Gasteiger partial charge in [-0.1, -0.05) is 4.49 Å². The Labute approximate surface area is 85.0 Å². The van der Waals surface area contributed by atoms with E-state index >= 15 is 0 Å². The van der Waals surface area contributed by atoms with E-state index in [1.54, 1.807) is 0 Å². The summed E-state index contributed by atoms with van der Waals surface area (Å²) < 4.78 is 3.57. The predicted molar refractivity (Wildman–Crippen MR) is 50.0 cm³/mol. The first-order valence-electron chi connectivity index (χ1n) is 4.08. The highest BCUT2D eigenvalue weighted by molar-refractivity contribution is 7.07. The number of aromatic nitrogens is 2. The topological polar surface area (TPSA) is 86.6 Å². The van der Waals surface area contributed by atoms with Crippen LogP contribution in [0.5, 0.6) is 0 Å². The van der Waals surface area contributed by atoms with E-state index in [1.807, 2.05) is 0 Å². The molecule has 0 atom stereocenters. The second-order valence-corrected chi connectivity index (χ2v) is 3.31. The third kappa shape index (κ3) is 2.72. The van der Waals surface area contributed by atoms with Crippen molar-refractivity contribution in [2.75, 3.05) is 26.3 Å². The molecule has 14 heavy (non-hydrogen) atoms. The maximum atomic E-state index is 11.6. The average Bonchev–Trinajstić information content (AvgIpc) is 2.69. The molecule has 6 nitrogen and oxygen atoms in total. The Morgan fingerprint density at radius 1 is 1.43 bits per heavy atom. The van der Waals surface area contributed by atoms with Gasteiger partial charge < -0.3 is 15.1 Å². The van der Waals surface area contributed by atoms with Crippen LogP contribution in [-0.4, -0.2) is 56.9 Å². The third-order valence-electron chi connectivity index (χ3n) is 1.60. The van der Waals surface area contributed by atoms with Gasteiger partial charge in [0.2, 0.25) is 0 Å². The molecule has 1 rings (SSSR count). The number of nitrogens with zero attached hydrogens (tertiary/aromatic N) is 3. The standard InChI is InChI=1S/C7H11N3O3S/c11-3-1-10(2-4-12)7(13)6-5-8-9-14-6/h5,11-12H,1-4H2. The van der Waals surface area contributed by atoms with E-state index in [-0.39, 0.29) is 32.2 Å². The molecule has 1 aromatic heterocycles. The van der Waals surface area contributed by atoms with E-state index in [4.69, 9.17) is 10.2 Å². The maximum Gasteiger partial charge on any atom is 0.267 e. The first-order chi connectivity index (χ1) is 6.79. The Bertz CT molecular complexity index is 272. The smallest absolute Gasteiger partial charge is 0.267 e. The lowest BCUT2D eigenvalue weighted by molar-refractivity contribution is 0.0689. The van der Waals surface area contributed by atoms with Crippen LogP contribution in [0.25, 0.3) is 0 Å². The first kappa shape index (κ1) is 11.0. The summed E-state index contributed by atoms with van der Waals surface area (Å²) in [6.07, 6.45) is 1.37. The van der Waals surface area contributed by atoms with E-state index in [0.717, 1.165) is 11.5 Å². The summed E-state index contributed by atoms with van der Waals surface area (Å²) in [5, 5.41) is 21.0. The maximum absolute atomic E-state index is 11.6. The molecular formula is C7H11N3O3S. The number of hydrogen-bond acceptors (Lipinski definition) is 6. The monoisotopic (exact) mass is 217 g/mol. The normalized spacial score (nSPS) is 10.1. The largest absolute Gasteiger partial charge is 0.395 e. The summed E-state index contributed by atoms with van der Waals surface area (Å²) in [5.74, 6) is -0.261. The van der Waals surface area contributed by atoms with Crippen molar-refractivity contribution in [2.45, 2.75) is 0 Å². The molecule has 0 spiro atoms. The predicted octanol–water partition coefficient (Wildman–Crippen LogP) is -1.04. The van der Waals surface area contributed by atoms with Gasteiger partial charge in [-0.25, -0.2) is 0 Å². The molecule has 0 unspecified atom stereocenters. The van der Waals surface area contributed by atoms with E-state index < -0.39 is 0 Å². The van der Waals surface area contributed by atoms with Crippen molar-refractivity contribution in [2.24, 2.45) is 0 Å². The van der Waals surface area contributed by atoms with Crippen LogP contribution in [0.2, 0.25) is 0 Å². The molecular weight excluding hydrogens is 206 g/mol. The van der Waals surface area contributed by atoms with Crippen LogP contribution >= 0.6 is 11.5 Å². The highest BCUT2D eigenvalue weighted by atomic mass is 32.1. The first-order valence-corrected chi connectivity index (χ1v) is 4.85. The molecule has 78 valence electrons. The Hall–Kier alpha value is -1.05. The number of hydrogen-bond donors (Lipinski definition) is 2. The van der Waals surface area contributed by atoms with Gasteiger partial charge >= 0.3 is 0 Å². The quantitative estimate of drug-likeness (QED) is 0.658. The lowest BCUT2D eigenvalue weighted by Crippen LogP contribution is -2.35. The van der Waals surface area contributed by atoms with Crippen molar-refractivity contribution in [1.29, 1.82) is 0 Å². The highest BCUT2D eigenvalue weighted by Crippen LogP contribution is 2.06. The van der Waals surface area contributed by atoms with Gasteiger partial charge in [0.05, 0.1) is 19.4 Å². The zero-order valence-corrected chi connectivity index (χ0v) is 8.27. The molecule has 0 aliphatic heterocycles. The number of carbonyl (C=O) groups excluding carboxylic acids is 1. The minimum Gasteiger partial charge on any atom is -0.395 e. The Morgan fingerprint density at radius 2 is 2.07 bits per heavy atom. The molecule has 0 aliphatic rings. The van der Waals surface area contributed by atoms with E-state index in [0.29, 0.717) is 4.88 Å². The van der Waals surface area contributed by atoms with Gasteiger partial charge in [0.1, 0.15) is 4.88 Å². The summed E-state index contributed by atoms with van der Waals surface area (Å²) >= 11 is 0.995. The summed E-state index contributed by atoms with van der Waals surface area (Å²) in [4.78, 5) is 13.4. The van der Waals surface area contributed by atoms with Gasteiger partial charge in [0.15, 0.2) is 0 Å². The van der Waals surface area contributed by atoms with E-state index in [9.17, 15) is 4.79 Å². The molecule has 0 saturated carbocycles. The van der Waals surface area contributed by atoms with Crippen LogP contribution in [0.4, 0.5) is 0 Å². The van der Waals surface area contributed by atoms with Crippen molar-refractivity contribution in [3.8, 4) is 0 Å². The molecule has 2 N–H and O–H groups in total. The molecule has 0 radical (unpaired) electrons. The van der Waals surface area contributed by atoms with E-state index in [1.165, 1.54) is 11.1 Å². The molecule has 0 saturated heterocycles. The van der Waals surface area contributed by atoms with Crippen LogP contribution < -0.4 is 0 Å². The Kier molecular flexibility index (Phi) is 4.44. The van der Waals surface area contributed by atoms with Crippen molar-refractivity contribution < 1.29 is 15.0 Å². The minimum atomic E-state index is -0.261. The second-order valence-electron chi connectivity index (χ2n) is 2.52. The number of aliphatic hydroxyl groups is 2. The molecule has 0 aromatic carbocycles. The van der Waals surface area contributed by atoms with Gasteiger partial charge in [-0.2, -0.15) is 0 Å². The van der Waals surface area contributed by atoms with Gasteiger partial charge in [0, 0.05) is 13.1 Å². The second kappa shape index (κ2) is 5.63. The van der Waals surface area contributed by atoms with Crippen molar-refractivity contribution in [1.82, 2.24) is 14.5 Å². The fourth-order valence-electron chi connectivity index (χ4n) is 0.974. The summed E-state index contributed by atoms with van der Waals surface area (Å²) in [6, 6.07) is 0. The molecule has 1 aromatic rings. The molecule has 7 heteroatoms.